The molecule has 0 radical (unpaired) electrons. The first-order chi connectivity index (χ1) is 16.9. The van der Waals surface area contributed by atoms with E-state index < -0.39 is 21.9 Å². The molecule has 1 aromatic heterocycles. The van der Waals surface area contributed by atoms with Gasteiger partial charge in [-0.15, -0.1) is 4.36 Å². The maximum absolute atomic E-state index is 13.8. The number of carbonyl (C=O) groups excluding carboxylic acids is 2. The van der Waals surface area contributed by atoms with Crippen LogP contribution in [0, 0.1) is 0 Å². The second kappa shape index (κ2) is 9.39. The average molecular weight is 507 g/mol. The molecule has 3 aromatic rings. The first kappa shape index (κ1) is 25.4. The van der Waals surface area contributed by atoms with Crippen LogP contribution in [0.4, 0.5) is 10.5 Å². The zero-order valence-corrected chi connectivity index (χ0v) is 22.0. The first-order valence-corrected chi connectivity index (χ1v) is 13.1. The van der Waals surface area contributed by atoms with Gasteiger partial charge in [0.2, 0.25) is 5.88 Å². The van der Waals surface area contributed by atoms with Crippen molar-refractivity contribution >= 4 is 27.5 Å². The van der Waals surface area contributed by atoms with Crippen molar-refractivity contribution in [1.29, 1.82) is 0 Å². The number of rotatable bonds is 5. The Morgan fingerprint density at radius 1 is 1.06 bits per heavy atom. The number of fused-ring (bicyclic) bond motifs is 1. The van der Waals surface area contributed by atoms with E-state index in [1.54, 1.807) is 24.4 Å². The number of pyridine rings is 1. The summed E-state index contributed by atoms with van der Waals surface area (Å²) in [6.07, 6.45) is 1.63. The van der Waals surface area contributed by atoms with Crippen LogP contribution in [0.15, 0.2) is 64.0 Å². The number of anilines is 1. The molecule has 0 spiro atoms. The number of benzene rings is 2. The predicted molar refractivity (Wildman–Crippen MR) is 141 cm³/mol. The largest absolute Gasteiger partial charge is 0.481 e. The number of hydrogen-bond acceptors (Lipinski definition) is 5. The minimum atomic E-state index is -3.50. The van der Waals surface area contributed by atoms with E-state index in [-0.39, 0.29) is 21.8 Å². The van der Waals surface area contributed by atoms with Crippen molar-refractivity contribution in [1.82, 2.24) is 9.71 Å². The fraction of sp³-hybridized carbons (Fsp3) is 0.296. The monoisotopic (exact) mass is 506 g/mol. The highest BCUT2D eigenvalue weighted by atomic mass is 32.2. The zero-order valence-electron chi connectivity index (χ0n) is 21.2. The molecule has 9 heteroatoms. The molecule has 4 rings (SSSR count). The summed E-state index contributed by atoms with van der Waals surface area (Å²) in [5, 5.41) is 2.88. The van der Waals surface area contributed by atoms with Gasteiger partial charge in [-0.05, 0) is 46.2 Å². The van der Waals surface area contributed by atoms with Crippen LogP contribution in [0.5, 0.6) is 5.88 Å². The van der Waals surface area contributed by atoms with Gasteiger partial charge in [0.1, 0.15) is 0 Å². The fourth-order valence-corrected chi connectivity index (χ4v) is 5.70. The molecule has 0 saturated heterocycles. The summed E-state index contributed by atoms with van der Waals surface area (Å²) in [7, 11) is -1.97. The van der Waals surface area contributed by atoms with Crippen LogP contribution >= 0.6 is 0 Å². The van der Waals surface area contributed by atoms with Crippen molar-refractivity contribution in [3.8, 4) is 17.0 Å². The lowest BCUT2D eigenvalue weighted by molar-refractivity contribution is 0.101. The Kier molecular flexibility index (Phi) is 6.62. The molecular formula is C27H30N4O4S. The lowest BCUT2D eigenvalue weighted by Gasteiger charge is -2.21. The highest BCUT2D eigenvalue weighted by Gasteiger charge is 2.32. The van der Waals surface area contributed by atoms with E-state index in [4.69, 9.17) is 4.74 Å². The van der Waals surface area contributed by atoms with Crippen molar-refractivity contribution in [3.05, 3.63) is 71.4 Å². The fourth-order valence-electron chi connectivity index (χ4n) is 4.07. The third-order valence-corrected chi connectivity index (χ3v) is 7.85. The number of amides is 3. The van der Waals surface area contributed by atoms with E-state index in [1.807, 2.05) is 65.0 Å². The molecule has 36 heavy (non-hydrogen) atoms. The highest BCUT2D eigenvalue weighted by Crippen LogP contribution is 2.36. The first-order valence-electron chi connectivity index (χ1n) is 11.6. The van der Waals surface area contributed by atoms with E-state index in [0.717, 1.165) is 22.3 Å². The van der Waals surface area contributed by atoms with Crippen molar-refractivity contribution in [2.75, 3.05) is 12.4 Å². The van der Waals surface area contributed by atoms with E-state index in [2.05, 4.69) is 19.4 Å². The number of methoxy groups -OCH3 is 1. The molecule has 188 valence electrons. The lowest BCUT2D eigenvalue weighted by atomic mass is 9.86. The summed E-state index contributed by atoms with van der Waals surface area (Å²) in [5.41, 5.74) is 3.89. The summed E-state index contributed by atoms with van der Waals surface area (Å²) in [6, 6.07) is 13.7. The Labute approximate surface area is 211 Å². The number of para-hydroxylation sites is 1. The molecule has 1 unspecified atom stereocenters. The predicted octanol–water partition coefficient (Wildman–Crippen LogP) is 5.90. The molecule has 8 nitrogen and oxygen atoms in total. The Morgan fingerprint density at radius 3 is 2.47 bits per heavy atom. The van der Waals surface area contributed by atoms with Crippen LogP contribution in [-0.2, 0) is 15.3 Å². The SMILES string of the molecule is COc1cc(-c2cccc(C(C)C)c2NC(=O)NS2(=O)=NC(=O)c3ccc(C(C)(C)C)cc32)ccn1. The van der Waals surface area contributed by atoms with Gasteiger partial charge in [-0.25, -0.2) is 18.7 Å². The average Bonchev–Trinajstić information content (AvgIpc) is 3.07. The third-order valence-electron chi connectivity index (χ3n) is 6.03. The van der Waals surface area contributed by atoms with Gasteiger partial charge in [-0.2, -0.15) is 0 Å². The van der Waals surface area contributed by atoms with Gasteiger partial charge in [0, 0.05) is 17.8 Å². The van der Waals surface area contributed by atoms with Crippen LogP contribution < -0.4 is 14.8 Å². The number of nitrogens with one attached hydrogen (secondary N) is 2. The summed E-state index contributed by atoms with van der Waals surface area (Å²) in [4.78, 5) is 30.1. The second-order valence-corrected chi connectivity index (χ2v) is 11.8. The van der Waals surface area contributed by atoms with Gasteiger partial charge in [-0.1, -0.05) is 58.9 Å². The molecule has 0 saturated carbocycles. The molecule has 2 N–H and O–H groups in total. The van der Waals surface area contributed by atoms with Crippen molar-refractivity contribution in [3.63, 3.8) is 0 Å². The van der Waals surface area contributed by atoms with Gasteiger partial charge >= 0.3 is 6.03 Å². The Balaban J connectivity index is 1.72. The van der Waals surface area contributed by atoms with Gasteiger partial charge in [0.15, 0.2) is 9.92 Å². The van der Waals surface area contributed by atoms with Crippen molar-refractivity contribution < 1.29 is 18.5 Å². The van der Waals surface area contributed by atoms with Gasteiger partial charge < -0.3 is 10.1 Å². The number of ether oxygens (including phenoxy) is 1. The normalized spacial score (nSPS) is 16.9. The molecule has 3 amide bonds. The molecule has 2 heterocycles. The smallest absolute Gasteiger partial charge is 0.331 e. The van der Waals surface area contributed by atoms with Crippen molar-refractivity contribution in [2.45, 2.75) is 50.8 Å². The highest BCUT2D eigenvalue weighted by molar-refractivity contribution is 7.93. The molecular weight excluding hydrogens is 476 g/mol. The van der Waals surface area contributed by atoms with Crippen LogP contribution in [0.2, 0.25) is 0 Å². The molecule has 1 aliphatic heterocycles. The number of aromatic nitrogens is 1. The molecule has 0 fully saturated rings. The summed E-state index contributed by atoms with van der Waals surface area (Å²) in [5.74, 6) is -0.0800. The molecule has 0 bridgehead atoms. The van der Waals surface area contributed by atoms with E-state index in [9.17, 15) is 13.8 Å². The van der Waals surface area contributed by atoms with Gasteiger partial charge in [-0.3, -0.25) is 4.79 Å². The quantitative estimate of drug-likeness (QED) is 0.448. The molecule has 2 aromatic carbocycles. The van der Waals surface area contributed by atoms with Crippen LogP contribution in [0.1, 0.15) is 62.0 Å². The summed E-state index contributed by atoms with van der Waals surface area (Å²) >= 11 is 0. The van der Waals surface area contributed by atoms with Gasteiger partial charge in [0.05, 0.1) is 23.3 Å². The van der Waals surface area contributed by atoms with Crippen LogP contribution in [0.25, 0.3) is 11.1 Å². The number of hydrogen-bond donors (Lipinski definition) is 2. The molecule has 1 aliphatic rings. The Bertz CT molecular complexity index is 1480. The maximum atomic E-state index is 13.8. The summed E-state index contributed by atoms with van der Waals surface area (Å²) in [6.45, 7) is 10.1. The van der Waals surface area contributed by atoms with Crippen LogP contribution in [0.3, 0.4) is 0 Å². The van der Waals surface area contributed by atoms with Crippen molar-refractivity contribution in [2.24, 2.45) is 4.36 Å². The topological polar surface area (TPSA) is 110 Å². The number of urea groups is 1. The third kappa shape index (κ3) is 4.83. The minimum Gasteiger partial charge on any atom is -0.481 e. The van der Waals surface area contributed by atoms with Gasteiger partial charge in [0.25, 0.3) is 5.91 Å². The lowest BCUT2D eigenvalue weighted by Crippen LogP contribution is -2.34. The number of nitrogens with zero attached hydrogens (tertiary/aromatic N) is 2. The van der Waals surface area contributed by atoms with Crippen LogP contribution in [-0.4, -0.2) is 28.2 Å². The Morgan fingerprint density at radius 2 is 1.81 bits per heavy atom. The zero-order chi connectivity index (χ0) is 26.3. The minimum absolute atomic E-state index is 0.0883. The summed E-state index contributed by atoms with van der Waals surface area (Å²) < 4.78 is 25.4. The molecule has 0 aliphatic carbocycles. The van der Waals surface area contributed by atoms with E-state index in [0.29, 0.717) is 11.6 Å². The second-order valence-electron chi connectivity index (χ2n) is 9.95. The van der Waals surface area contributed by atoms with E-state index >= 15 is 0 Å². The van der Waals surface area contributed by atoms with E-state index in [1.165, 1.54) is 7.11 Å². The Hall–Kier alpha value is -3.72. The molecule has 1 atom stereocenters. The standard InChI is InChI=1S/C27H30N4O4S/c1-16(2)19-8-7-9-20(17-12-13-28-23(14-17)35-6)24(19)29-26(33)31-36(34)22-15-18(27(3,4)5)10-11-21(22)25(32)30-36/h7-16H,1-6H3,(H2,29,30,31,32,33,34). The maximum Gasteiger partial charge on any atom is 0.331 e. The number of carbonyl (C=O) groups is 2.